The summed E-state index contributed by atoms with van der Waals surface area (Å²) in [7, 11) is 3.38. The number of aromatic nitrogens is 4. The van der Waals surface area contributed by atoms with Crippen LogP contribution >= 0.6 is 15.9 Å². The molecule has 0 aliphatic heterocycles. The number of hydrogen-bond donors (Lipinski definition) is 1. The molecule has 1 N–H and O–H groups in total. The van der Waals surface area contributed by atoms with Gasteiger partial charge in [0.05, 0.1) is 29.6 Å². The van der Waals surface area contributed by atoms with E-state index in [4.69, 9.17) is 14.5 Å². The molecule has 1 aliphatic carbocycles. The van der Waals surface area contributed by atoms with Gasteiger partial charge in [-0.25, -0.2) is 9.97 Å². The lowest BCUT2D eigenvalue weighted by molar-refractivity contribution is 0.190. The third kappa shape index (κ3) is 5.51. The molecular weight excluding hydrogens is 488 g/mol. The van der Waals surface area contributed by atoms with Crippen LogP contribution in [-0.4, -0.2) is 60.0 Å². The summed E-state index contributed by atoms with van der Waals surface area (Å²) in [5.74, 6) is 1.04. The van der Waals surface area contributed by atoms with Gasteiger partial charge >= 0.3 is 0 Å². The van der Waals surface area contributed by atoms with Crippen molar-refractivity contribution in [2.24, 2.45) is 0 Å². The second-order valence-corrected chi connectivity index (χ2v) is 8.93. The van der Waals surface area contributed by atoms with Crippen molar-refractivity contribution in [2.75, 3.05) is 50.7 Å². The van der Waals surface area contributed by atoms with Crippen LogP contribution < -0.4 is 15.8 Å². The molecule has 0 amide bonds. The Kier molecular flexibility index (Phi) is 7.89. The zero-order valence-electron chi connectivity index (χ0n) is 19.0. The van der Waals surface area contributed by atoms with Crippen LogP contribution in [0, 0.1) is 0 Å². The van der Waals surface area contributed by atoms with E-state index in [0.29, 0.717) is 35.1 Å². The lowest BCUT2D eigenvalue weighted by atomic mass is 10.2. The number of hydrogen-bond acceptors (Lipinski definition) is 8. The van der Waals surface area contributed by atoms with Crippen molar-refractivity contribution >= 4 is 44.4 Å². The molecule has 0 aromatic carbocycles. The molecule has 1 fully saturated rings. The van der Waals surface area contributed by atoms with Crippen LogP contribution in [0.3, 0.4) is 0 Å². The van der Waals surface area contributed by atoms with E-state index in [-0.39, 0.29) is 11.6 Å². The maximum absolute atomic E-state index is 12.9. The standard InChI is InChI=1S/C23H29BrN6O3/c1-32-11-9-29(10-12-33-2)18-7-8-20(25-15-18)27-23-26-14-16-13-19(24)22(31)30(21(16)28-23)17-5-3-4-6-17/h7-8,13-15,17H,3-6,9-12H2,1-2H3,(H,25,26,27,28). The molecule has 10 heteroatoms. The third-order valence-corrected chi connectivity index (χ3v) is 6.47. The van der Waals surface area contributed by atoms with Gasteiger partial charge in [0.2, 0.25) is 5.95 Å². The van der Waals surface area contributed by atoms with E-state index in [0.717, 1.165) is 49.8 Å². The Balaban J connectivity index is 1.58. The second-order valence-electron chi connectivity index (χ2n) is 8.08. The molecular formula is C23H29BrN6O3. The minimum Gasteiger partial charge on any atom is -0.383 e. The van der Waals surface area contributed by atoms with Gasteiger partial charge in [0, 0.05) is 44.9 Å². The van der Waals surface area contributed by atoms with Crippen molar-refractivity contribution in [1.82, 2.24) is 19.5 Å². The number of rotatable bonds is 10. The predicted molar refractivity (Wildman–Crippen MR) is 132 cm³/mol. The van der Waals surface area contributed by atoms with Crippen LogP contribution in [0.1, 0.15) is 31.7 Å². The van der Waals surface area contributed by atoms with Gasteiger partial charge in [-0.15, -0.1) is 0 Å². The molecule has 0 unspecified atom stereocenters. The summed E-state index contributed by atoms with van der Waals surface area (Å²) < 4.78 is 12.8. The largest absolute Gasteiger partial charge is 0.383 e. The van der Waals surface area contributed by atoms with Crippen molar-refractivity contribution in [3.05, 3.63) is 45.4 Å². The second kappa shape index (κ2) is 11.0. The smallest absolute Gasteiger partial charge is 0.266 e. The van der Waals surface area contributed by atoms with Crippen LogP contribution in [-0.2, 0) is 9.47 Å². The molecule has 1 saturated carbocycles. The lowest BCUT2D eigenvalue weighted by Crippen LogP contribution is -2.30. The van der Waals surface area contributed by atoms with Crippen molar-refractivity contribution in [2.45, 2.75) is 31.7 Å². The average molecular weight is 517 g/mol. The zero-order chi connectivity index (χ0) is 23.2. The summed E-state index contributed by atoms with van der Waals surface area (Å²) >= 11 is 3.40. The minimum absolute atomic E-state index is 0.0475. The quantitative estimate of drug-likeness (QED) is 0.433. The number of nitrogens with one attached hydrogen (secondary N) is 1. The predicted octanol–water partition coefficient (Wildman–Crippen LogP) is 3.91. The molecule has 0 atom stereocenters. The van der Waals surface area contributed by atoms with E-state index < -0.39 is 0 Å². The Morgan fingerprint density at radius 1 is 1.12 bits per heavy atom. The van der Waals surface area contributed by atoms with Crippen molar-refractivity contribution in [1.29, 1.82) is 0 Å². The Labute approximate surface area is 201 Å². The molecule has 3 heterocycles. The van der Waals surface area contributed by atoms with Crippen LogP contribution in [0.25, 0.3) is 11.0 Å². The molecule has 176 valence electrons. The van der Waals surface area contributed by atoms with Crippen LogP contribution in [0.15, 0.2) is 39.9 Å². The number of pyridine rings is 2. The van der Waals surface area contributed by atoms with Crippen molar-refractivity contribution < 1.29 is 9.47 Å². The number of anilines is 3. The van der Waals surface area contributed by atoms with Gasteiger partial charge in [-0.05, 0) is 47.0 Å². The fourth-order valence-corrected chi connectivity index (χ4v) is 4.62. The molecule has 9 nitrogen and oxygen atoms in total. The first-order valence-electron chi connectivity index (χ1n) is 11.1. The van der Waals surface area contributed by atoms with Gasteiger partial charge in [-0.1, -0.05) is 12.8 Å². The average Bonchev–Trinajstić information content (AvgIpc) is 3.35. The van der Waals surface area contributed by atoms with Gasteiger partial charge < -0.3 is 19.7 Å². The highest BCUT2D eigenvalue weighted by Gasteiger charge is 2.22. The molecule has 3 aromatic heterocycles. The van der Waals surface area contributed by atoms with Gasteiger partial charge in [0.1, 0.15) is 11.5 Å². The summed E-state index contributed by atoms with van der Waals surface area (Å²) in [5.41, 5.74) is 1.58. The Hall–Kier alpha value is -2.56. The molecule has 3 aromatic rings. The SMILES string of the molecule is COCCN(CCOC)c1ccc(Nc2ncc3cc(Br)c(=O)n(C4CCCC4)c3n2)nc1. The summed E-state index contributed by atoms with van der Waals surface area (Å²) in [4.78, 5) is 28.7. The first-order valence-corrected chi connectivity index (χ1v) is 11.9. The Bertz CT molecular complexity index is 1120. The monoisotopic (exact) mass is 516 g/mol. The summed E-state index contributed by atoms with van der Waals surface area (Å²) in [6.45, 7) is 2.73. The summed E-state index contributed by atoms with van der Waals surface area (Å²) in [5, 5.41) is 4.00. The van der Waals surface area contributed by atoms with Crippen LogP contribution in [0.5, 0.6) is 0 Å². The summed E-state index contributed by atoms with van der Waals surface area (Å²) in [6.07, 6.45) is 7.78. The molecule has 0 spiro atoms. The van der Waals surface area contributed by atoms with E-state index >= 15 is 0 Å². The van der Waals surface area contributed by atoms with E-state index in [9.17, 15) is 4.79 Å². The molecule has 1 aliphatic rings. The van der Waals surface area contributed by atoms with Crippen molar-refractivity contribution in [3.63, 3.8) is 0 Å². The number of ether oxygens (including phenoxy) is 2. The van der Waals surface area contributed by atoms with Crippen LogP contribution in [0.2, 0.25) is 0 Å². The lowest BCUT2D eigenvalue weighted by Gasteiger charge is -2.24. The molecule has 0 radical (unpaired) electrons. The Morgan fingerprint density at radius 3 is 2.48 bits per heavy atom. The highest BCUT2D eigenvalue weighted by atomic mass is 79.9. The molecule has 0 saturated heterocycles. The number of halogens is 1. The summed E-state index contributed by atoms with van der Waals surface area (Å²) in [6, 6.07) is 5.84. The number of methoxy groups -OCH3 is 2. The van der Waals surface area contributed by atoms with Crippen molar-refractivity contribution in [3.8, 4) is 0 Å². The van der Waals surface area contributed by atoms with Crippen LogP contribution in [0.4, 0.5) is 17.5 Å². The minimum atomic E-state index is -0.0475. The van der Waals surface area contributed by atoms with E-state index in [1.54, 1.807) is 32.7 Å². The topological polar surface area (TPSA) is 94.4 Å². The first-order chi connectivity index (χ1) is 16.1. The van der Waals surface area contributed by atoms with E-state index in [2.05, 4.69) is 36.1 Å². The fourth-order valence-electron chi connectivity index (χ4n) is 4.18. The van der Waals surface area contributed by atoms with Gasteiger partial charge in [0.25, 0.3) is 5.56 Å². The highest BCUT2D eigenvalue weighted by molar-refractivity contribution is 9.10. The van der Waals surface area contributed by atoms with Gasteiger partial charge in [-0.2, -0.15) is 4.98 Å². The maximum atomic E-state index is 12.9. The number of nitrogens with zero attached hydrogens (tertiary/aromatic N) is 5. The number of fused-ring (bicyclic) bond motifs is 1. The Morgan fingerprint density at radius 2 is 1.85 bits per heavy atom. The zero-order valence-corrected chi connectivity index (χ0v) is 20.5. The fraction of sp³-hybridized carbons (Fsp3) is 0.478. The normalized spacial score (nSPS) is 14.2. The third-order valence-electron chi connectivity index (χ3n) is 5.90. The van der Waals surface area contributed by atoms with Gasteiger partial charge in [-0.3, -0.25) is 9.36 Å². The van der Waals surface area contributed by atoms with E-state index in [1.165, 1.54) is 0 Å². The molecule has 0 bridgehead atoms. The highest BCUT2D eigenvalue weighted by Crippen LogP contribution is 2.31. The first kappa shape index (κ1) is 23.6. The molecule has 4 rings (SSSR count). The molecule has 33 heavy (non-hydrogen) atoms. The maximum Gasteiger partial charge on any atom is 0.266 e. The van der Waals surface area contributed by atoms with Gasteiger partial charge in [0.15, 0.2) is 0 Å². The van der Waals surface area contributed by atoms with E-state index in [1.807, 2.05) is 16.7 Å².